The number of imide groups is 1. The summed E-state index contributed by atoms with van der Waals surface area (Å²) in [5, 5.41) is 8.80. The number of rotatable bonds is 8. The second kappa shape index (κ2) is 10.5. The number of carbonyl (C=O) groups is 4. The first-order chi connectivity index (χ1) is 15.7. The van der Waals surface area contributed by atoms with E-state index in [4.69, 9.17) is 26.2 Å². The average molecular weight is 490 g/mol. The molecule has 0 spiro atoms. The van der Waals surface area contributed by atoms with Gasteiger partial charge < -0.3 is 14.6 Å². The number of carbonyl (C=O) groups excluding carboxylic acids is 3. The maximum absolute atomic E-state index is 12.7. The molecule has 0 radical (unpaired) electrons. The standard InChI is InChI=1S/C23H20ClNO7S/c1-3-31-22(29)13(2)25-20(26)19(33-23(25)30)11-14-7-8-18(17(24)10-14)32-12-15-5-4-6-16(9-15)21(27)28/h4-11,13H,3,12H2,1-2H3,(H,27,28). The minimum Gasteiger partial charge on any atom is -0.487 e. The maximum Gasteiger partial charge on any atom is 0.335 e. The maximum atomic E-state index is 12.7. The summed E-state index contributed by atoms with van der Waals surface area (Å²) in [6.45, 7) is 3.34. The van der Waals surface area contributed by atoms with E-state index in [1.54, 1.807) is 37.3 Å². The highest BCUT2D eigenvalue weighted by molar-refractivity contribution is 8.18. The van der Waals surface area contributed by atoms with E-state index in [-0.39, 0.29) is 28.7 Å². The van der Waals surface area contributed by atoms with E-state index in [1.807, 2.05) is 0 Å². The molecule has 1 heterocycles. The number of carboxylic acids is 1. The number of nitrogens with zero attached hydrogens (tertiary/aromatic N) is 1. The number of carboxylic acid groups (broad SMARTS) is 1. The van der Waals surface area contributed by atoms with Gasteiger partial charge in [0.05, 0.1) is 22.1 Å². The number of esters is 1. The van der Waals surface area contributed by atoms with Crippen LogP contribution in [0.15, 0.2) is 47.4 Å². The number of hydrogen-bond donors (Lipinski definition) is 1. The first-order valence-corrected chi connectivity index (χ1v) is 11.1. The lowest BCUT2D eigenvalue weighted by Crippen LogP contribution is -2.42. The molecule has 33 heavy (non-hydrogen) atoms. The van der Waals surface area contributed by atoms with Crippen molar-refractivity contribution in [2.24, 2.45) is 0 Å². The van der Waals surface area contributed by atoms with Crippen molar-refractivity contribution >= 4 is 52.5 Å². The molecule has 1 aliphatic rings. The van der Waals surface area contributed by atoms with Gasteiger partial charge in [-0.1, -0.05) is 29.8 Å². The van der Waals surface area contributed by atoms with Crippen molar-refractivity contribution in [1.29, 1.82) is 0 Å². The van der Waals surface area contributed by atoms with E-state index in [1.165, 1.54) is 25.1 Å². The molecule has 3 rings (SSSR count). The Kier molecular flexibility index (Phi) is 7.78. The molecule has 2 aromatic carbocycles. The first kappa shape index (κ1) is 24.3. The van der Waals surface area contributed by atoms with E-state index in [0.29, 0.717) is 16.9 Å². The van der Waals surface area contributed by atoms with Gasteiger partial charge in [0.25, 0.3) is 11.1 Å². The second-order valence-electron chi connectivity index (χ2n) is 6.96. The Bertz CT molecular complexity index is 1150. The van der Waals surface area contributed by atoms with Crippen molar-refractivity contribution in [3.8, 4) is 5.75 Å². The molecule has 172 valence electrons. The zero-order valence-corrected chi connectivity index (χ0v) is 19.3. The molecule has 0 bridgehead atoms. The summed E-state index contributed by atoms with van der Waals surface area (Å²) in [5.74, 6) is -1.89. The predicted molar refractivity (Wildman–Crippen MR) is 123 cm³/mol. The Morgan fingerprint density at radius 3 is 2.64 bits per heavy atom. The third kappa shape index (κ3) is 5.74. The van der Waals surface area contributed by atoms with Crippen LogP contribution in [0, 0.1) is 0 Å². The van der Waals surface area contributed by atoms with Gasteiger partial charge in [-0.2, -0.15) is 0 Å². The van der Waals surface area contributed by atoms with Gasteiger partial charge in [-0.25, -0.2) is 9.59 Å². The van der Waals surface area contributed by atoms with Crippen LogP contribution in [0.1, 0.15) is 35.3 Å². The molecule has 0 aromatic heterocycles. The van der Waals surface area contributed by atoms with E-state index in [9.17, 15) is 19.2 Å². The molecule has 1 unspecified atom stereocenters. The lowest BCUT2D eigenvalue weighted by Gasteiger charge is -2.19. The molecule has 0 saturated carbocycles. The largest absolute Gasteiger partial charge is 0.487 e. The van der Waals surface area contributed by atoms with Crippen molar-refractivity contribution < 1.29 is 33.8 Å². The van der Waals surface area contributed by atoms with Gasteiger partial charge in [-0.05, 0) is 67.1 Å². The quantitative estimate of drug-likeness (QED) is 0.423. The van der Waals surface area contributed by atoms with Gasteiger partial charge in [-0.15, -0.1) is 0 Å². The van der Waals surface area contributed by atoms with Gasteiger partial charge in [0, 0.05) is 0 Å². The van der Waals surface area contributed by atoms with Crippen molar-refractivity contribution in [3.63, 3.8) is 0 Å². The summed E-state index contributed by atoms with van der Waals surface area (Å²) >= 11 is 7.03. The van der Waals surface area contributed by atoms with Crippen LogP contribution < -0.4 is 4.74 Å². The van der Waals surface area contributed by atoms with Crippen molar-refractivity contribution in [2.75, 3.05) is 6.61 Å². The fourth-order valence-corrected chi connectivity index (χ4v) is 4.16. The topological polar surface area (TPSA) is 110 Å². The minimum atomic E-state index is -1.03. The van der Waals surface area contributed by atoms with Crippen molar-refractivity contribution in [2.45, 2.75) is 26.5 Å². The van der Waals surface area contributed by atoms with Crippen LogP contribution in [0.5, 0.6) is 5.75 Å². The predicted octanol–water partition coefficient (Wildman–Crippen LogP) is 4.61. The van der Waals surface area contributed by atoms with Gasteiger partial charge in [0.1, 0.15) is 18.4 Å². The van der Waals surface area contributed by atoms with Crippen LogP contribution in [0.3, 0.4) is 0 Å². The van der Waals surface area contributed by atoms with Crippen LogP contribution in [-0.2, 0) is 20.9 Å². The highest BCUT2D eigenvalue weighted by Crippen LogP contribution is 2.35. The number of benzene rings is 2. The Morgan fingerprint density at radius 2 is 1.97 bits per heavy atom. The van der Waals surface area contributed by atoms with Gasteiger partial charge in [-0.3, -0.25) is 14.5 Å². The summed E-state index contributed by atoms with van der Waals surface area (Å²) < 4.78 is 10.6. The molecule has 10 heteroatoms. The molecule has 2 aromatic rings. The summed E-state index contributed by atoms with van der Waals surface area (Å²) in [4.78, 5) is 49.0. The third-order valence-electron chi connectivity index (χ3n) is 4.66. The van der Waals surface area contributed by atoms with Crippen LogP contribution in [0.25, 0.3) is 6.08 Å². The smallest absolute Gasteiger partial charge is 0.335 e. The van der Waals surface area contributed by atoms with Gasteiger partial charge >= 0.3 is 11.9 Å². The van der Waals surface area contributed by atoms with Gasteiger partial charge in [0.2, 0.25) is 0 Å². The summed E-state index contributed by atoms with van der Waals surface area (Å²) in [6, 6.07) is 10.2. The summed E-state index contributed by atoms with van der Waals surface area (Å²) in [6.07, 6.45) is 1.51. The monoisotopic (exact) mass is 489 g/mol. The molecule has 2 amide bonds. The number of halogens is 1. The van der Waals surface area contributed by atoms with Crippen LogP contribution in [-0.4, -0.2) is 45.7 Å². The summed E-state index contributed by atoms with van der Waals surface area (Å²) in [7, 11) is 0. The van der Waals surface area contributed by atoms with Crippen LogP contribution in [0.2, 0.25) is 5.02 Å². The van der Waals surface area contributed by atoms with Crippen LogP contribution in [0.4, 0.5) is 4.79 Å². The molecule has 0 aliphatic carbocycles. The Labute approximate surface area is 199 Å². The SMILES string of the molecule is CCOC(=O)C(C)N1C(=O)SC(=Cc2ccc(OCc3cccc(C(=O)O)c3)c(Cl)c2)C1=O. The molecule has 1 saturated heterocycles. The number of amides is 2. The first-order valence-electron chi connectivity index (χ1n) is 9.89. The fraction of sp³-hybridized carbons (Fsp3) is 0.217. The van der Waals surface area contributed by atoms with Crippen molar-refractivity contribution in [1.82, 2.24) is 4.90 Å². The Balaban J connectivity index is 1.71. The van der Waals surface area contributed by atoms with Crippen LogP contribution >= 0.6 is 23.4 Å². The number of aromatic carboxylic acids is 1. The fourth-order valence-electron chi connectivity index (χ4n) is 3.01. The minimum absolute atomic E-state index is 0.116. The highest BCUT2D eigenvalue weighted by atomic mass is 35.5. The van der Waals surface area contributed by atoms with Gasteiger partial charge in [0.15, 0.2) is 0 Å². The number of ether oxygens (including phenoxy) is 2. The van der Waals surface area contributed by atoms with E-state index < -0.39 is 29.1 Å². The molecule has 1 atom stereocenters. The van der Waals surface area contributed by atoms with E-state index >= 15 is 0 Å². The Hall–Kier alpha value is -3.30. The molecule has 1 fully saturated rings. The normalized spacial score (nSPS) is 15.6. The van der Waals surface area contributed by atoms with E-state index in [2.05, 4.69) is 0 Å². The number of thioether (sulfide) groups is 1. The molecule has 8 nitrogen and oxygen atoms in total. The summed E-state index contributed by atoms with van der Waals surface area (Å²) in [5.41, 5.74) is 1.39. The second-order valence-corrected chi connectivity index (χ2v) is 8.36. The Morgan fingerprint density at radius 1 is 1.21 bits per heavy atom. The van der Waals surface area contributed by atoms with E-state index in [0.717, 1.165) is 16.7 Å². The molecular formula is C23H20ClNO7S. The van der Waals surface area contributed by atoms with Crippen molar-refractivity contribution in [3.05, 3.63) is 69.1 Å². The lowest BCUT2D eigenvalue weighted by atomic mass is 10.1. The zero-order chi connectivity index (χ0) is 24.1. The molecular weight excluding hydrogens is 470 g/mol. The molecule has 1 N–H and O–H groups in total. The highest BCUT2D eigenvalue weighted by Gasteiger charge is 2.41. The number of hydrogen-bond acceptors (Lipinski definition) is 7. The zero-order valence-electron chi connectivity index (χ0n) is 17.7. The third-order valence-corrected chi connectivity index (χ3v) is 5.84. The average Bonchev–Trinajstić information content (AvgIpc) is 3.05. The lowest BCUT2D eigenvalue weighted by molar-refractivity contribution is -0.150. The molecule has 1 aliphatic heterocycles.